The molecule has 146 valence electrons. The van der Waals surface area contributed by atoms with Crippen molar-refractivity contribution in [3.63, 3.8) is 0 Å². The lowest BCUT2D eigenvalue weighted by Gasteiger charge is -2.30. The minimum absolute atomic E-state index is 0.241. The maximum atomic E-state index is 13.8. The second kappa shape index (κ2) is 7.20. The van der Waals surface area contributed by atoms with E-state index in [1.807, 2.05) is 44.2 Å². The zero-order valence-electron chi connectivity index (χ0n) is 15.9. The maximum Gasteiger partial charge on any atom is 0.174 e. The highest BCUT2D eigenvalue weighted by atomic mass is 19.1. The Hall–Kier alpha value is -3.41. The fourth-order valence-corrected chi connectivity index (χ4v) is 3.33. The Bertz CT molecular complexity index is 1100. The average molecular weight is 392 g/mol. The van der Waals surface area contributed by atoms with E-state index in [4.69, 9.17) is 4.74 Å². The number of aromatic nitrogens is 2. The monoisotopic (exact) mass is 392 g/mol. The predicted molar refractivity (Wildman–Crippen MR) is 105 cm³/mol. The van der Waals surface area contributed by atoms with E-state index in [2.05, 4.69) is 9.97 Å². The van der Waals surface area contributed by atoms with Crippen molar-refractivity contribution < 1.29 is 18.3 Å². The molecule has 0 N–H and O–H groups in total. The molecule has 0 saturated heterocycles. The highest BCUT2D eigenvalue weighted by Crippen LogP contribution is 2.38. The predicted octanol–water partition coefficient (Wildman–Crippen LogP) is 4.78. The van der Waals surface area contributed by atoms with Crippen molar-refractivity contribution in [2.24, 2.45) is 0 Å². The number of fused-ring (bicyclic) bond motifs is 1. The topological polar surface area (TPSA) is 52.1 Å². The highest BCUT2D eigenvalue weighted by Gasteiger charge is 2.27. The van der Waals surface area contributed by atoms with Gasteiger partial charge in [-0.05, 0) is 38.1 Å². The Morgan fingerprint density at radius 2 is 1.72 bits per heavy atom. The number of rotatable bonds is 4. The van der Waals surface area contributed by atoms with Gasteiger partial charge in [0.05, 0.1) is 29.6 Å². The lowest BCUT2D eigenvalue weighted by molar-refractivity contribution is 0.0983. The van der Waals surface area contributed by atoms with E-state index >= 15 is 0 Å². The molecule has 2 aromatic carbocycles. The van der Waals surface area contributed by atoms with Crippen molar-refractivity contribution in [1.82, 2.24) is 9.97 Å². The Kier molecular flexibility index (Phi) is 4.70. The fourth-order valence-electron chi connectivity index (χ4n) is 3.33. The van der Waals surface area contributed by atoms with E-state index < -0.39 is 28.6 Å². The summed E-state index contributed by atoms with van der Waals surface area (Å²) in [5.41, 5.74) is 1.67. The number of halogens is 2. The van der Waals surface area contributed by atoms with Gasteiger partial charge in [0.2, 0.25) is 0 Å². The van der Waals surface area contributed by atoms with Gasteiger partial charge in [-0.2, -0.15) is 0 Å². The standard InChI is InChI=1S/C23H18F2N2O2/c1-23(2)11-16(15-6-3-4-9-21(15)29-23)19-13-26-14(12-27-19)10-20(28)22-17(24)7-5-8-18(22)25/h3-9,11-13H,10H2,1-2H3. The van der Waals surface area contributed by atoms with Crippen LogP contribution in [0.25, 0.3) is 5.57 Å². The summed E-state index contributed by atoms with van der Waals surface area (Å²) in [5, 5.41) is 0. The molecule has 1 aromatic heterocycles. The first-order valence-corrected chi connectivity index (χ1v) is 9.14. The summed E-state index contributed by atoms with van der Waals surface area (Å²) in [5.74, 6) is -1.69. The molecule has 6 heteroatoms. The van der Waals surface area contributed by atoms with Crippen molar-refractivity contribution in [1.29, 1.82) is 0 Å². The van der Waals surface area contributed by atoms with Crippen LogP contribution in [0.5, 0.6) is 5.75 Å². The van der Waals surface area contributed by atoms with Crippen LogP contribution in [0.15, 0.2) is 60.9 Å². The van der Waals surface area contributed by atoms with Gasteiger partial charge in [-0.25, -0.2) is 8.78 Å². The van der Waals surface area contributed by atoms with Gasteiger partial charge in [-0.15, -0.1) is 0 Å². The Morgan fingerprint density at radius 1 is 1.00 bits per heavy atom. The van der Waals surface area contributed by atoms with Crippen LogP contribution in [0.2, 0.25) is 0 Å². The number of hydrogen-bond donors (Lipinski definition) is 0. The Morgan fingerprint density at radius 3 is 2.41 bits per heavy atom. The quantitative estimate of drug-likeness (QED) is 0.600. The summed E-state index contributed by atoms with van der Waals surface area (Å²) in [7, 11) is 0. The molecule has 1 aliphatic rings. The number of Topliss-reactive ketones (excluding diaryl/α,β-unsaturated/α-hetero) is 1. The second-order valence-corrected chi connectivity index (χ2v) is 7.35. The molecule has 2 heterocycles. The lowest BCUT2D eigenvalue weighted by atomic mass is 9.93. The number of ketones is 1. The largest absolute Gasteiger partial charge is 0.483 e. The Labute approximate surface area is 166 Å². The summed E-state index contributed by atoms with van der Waals surface area (Å²) < 4.78 is 33.6. The minimum atomic E-state index is -0.884. The first kappa shape index (κ1) is 18.9. The van der Waals surface area contributed by atoms with Gasteiger partial charge in [0.25, 0.3) is 0 Å². The van der Waals surface area contributed by atoms with E-state index in [1.54, 1.807) is 6.20 Å². The molecule has 0 fully saturated rings. The fraction of sp³-hybridized carbons (Fsp3) is 0.174. The van der Waals surface area contributed by atoms with Crippen molar-refractivity contribution in [3.8, 4) is 5.75 Å². The van der Waals surface area contributed by atoms with Crippen LogP contribution < -0.4 is 4.74 Å². The van der Waals surface area contributed by atoms with Gasteiger partial charge in [0.1, 0.15) is 23.0 Å². The zero-order valence-corrected chi connectivity index (χ0v) is 15.9. The van der Waals surface area contributed by atoms with Gasteiger partial charge in [0.15, 0.2) is 5.78 Å². The first-order valence-electron chi connectivity index (χ1n) is 9.14. The van der Waals surface area contributed by atoms with Crippen LogP contribution in [0.1, 0.15) is 41.2 Å². The molecular formula is C23H18F2N2O2. The van der Waals surface area contributed by atoms with E-state index in [9.17, 15) is 13.6 Å². The van der Waals surface area contributed by atoms with E-state index in [1.165, 1.54) is 12.3 Å². The number of ether oxygens (including phenoxy) is 1. The van der Waals surface area contributed by atoms with Gasteiger partial charge in [-0.1, -0.05) is 24.3 Å². The SMILES string of the molecule is CC1(C)C=C(c2cnc(CC(=O)c3c(F)cccc3F)cn2)c2ccccc2O1. The third-order valence-electron chi connectivity index (χ3n) is 4.61. The molecule has 0 aliphatic carbocycles. The van der Waals surface area contributed by atoms with Crippen LogP contribution in [0.3, 0.4) is 0 Å². The van der Waals surface area contributed by atoms with E-state index in [-0.39, 0.29) is 6.42 Å². The molecule has 0 unspecified atom stereocenters. The summed E-state index contributed by atoms with van der Waals surface area (Å²) in [4.78, 5) is 21.0. The minimum Gasteiger partial charge on any atom is -0.483 e. The molecule has 0 bridgehead atoms. The smallest absolute Gasteiger partial charge is 0.174 e. The number of benzene rings is 2. The third-order valence-corrected chi connectivity index (χ3v) is 4.61. The number of nitrogens with zero attached hydrogens (tertiary/aromatic N) is 2. The molecule has 4 rings (SSSR count). The molecule has 3 aromatic rings. The maximum absolute atomic E-state index is 13.8. The molecular weight excluding hydrogens is 374 g/mol. The summed E-state index contributed by atoms with van der Waals surface area (Å²) in [6.45, 7) is 3.90. The summed E-state index contributed by atoms with van der Waals surface area (Å²) >= 11 is 0. The third kappa shape index (κ3) is 3.78. The van der Waals surface area contributed by atoms with Gasteiger partial charge >= 0.3 is 0 Å². The molecule has 0 spiro atoms. The average Bonchev–Trinajstić information content (AvgIpc) is 2.67. The second-order valence-electron chi connectivity index (χ2n) is 7.35. The van der Waals surface area contributed by atoms with E-state index in [0.29, 0.717) is 11.4 Å². The summed E-state index contributed by atoms with van der Waals surface area (Å²) in [6, 6.07) is 11.0. The Balaban J connectivity index is 1.62. The lowest BCUT2D eigenvalue weighted by Crippen LogP contribution is -2.29. The van der Waals surface area contributed by atoms with Gasteiger partial charge < -0.3 is 4.74 Å². The molecule has 0 radical (unpaired) electrons. The number of carbonyl (C=O) groups is 1. The number of para-hydroxylation sites is 1. The number of hydrogen-bond acceptors (Lipinski definition) is 4. The van der Waals surface area contributed by atoms with Crippen LogP contribution in [0, 0.1) is 11.6 Å². The molecule has 0 amide bonds. The number of carbonyl (C=O) groups excluding carboxylic acids is 1. The molecule has 0 saturated carbocycles. The van der Waals surface area contributed by atoms with Crippen LogP contribution in [0.4, 0.5) is 8.78 Å². The van der Waals surface area contributed by atoms with Gasteiger partial charge in [-0.3, -0.25) is 14.8 Å². The van der Waals surface area contributed by atoms with Crippen molar-refractivity contribution >= 4 is 11.4 Å². The zero-order chi connectivity index (χ0) is 20.6. The van der Waals surface area contributed by atoms with Crippen molar-refractivity contribution in [2.45, 2.75) is 25.9 Å². The molecule has 4 nitrogen and oxygen atoms in total. The van der Waals surface area contributed by atoms with Crippen molar-refractivity contribution in [2.75, 3.05) is 0 Å². The normalized spacial score (nSPS) is 14.6. The van der Waals surface area contributed by atoms with Crippen molar-refractivity contribution in [3.05, 3.63) is 95.1 Å². The van der Waals surface area contributed by atoms with Crippen LogP contribution in [-0.2, 0) is 6.42 Å². The van der Waals surface area contributed by atoms with E-state index in [0.717, 1.165) is 29.0 Å². The first-order chi connectivity index (χ1) is 13.8. The van der Waals surface area contributed by atoms with Gasteiger partial charge in [0, 0.05) is 17.3 Å². The molecule has 29 heavy (non-hydrogen) atoms. The molecule has 1 aliphatic heterocycles. The molecule has 0 atom stereocenters. The highest BCUT2D eigenvalue weighted by molar-refractivity contribution is 5.97. The van der Waals surface area contributed by atoms with Crippen LogP contribution in [-0.4, -0.2) is 21.4 Å². The summed E-state index contributed by atoms with van der Waals surface area (Å²) in [6.07, 6.45) is 4.75. The van der Waals surface area contributed by atoms with Crippen LogP contribution >= 0.6 is 0 Å².